The molecule has 2 aromatic heterocycles. The SMILES string of the molecule is COc1ccccc1-n1cnnc1SCc1ccccn1. The number of para-hydroxylation sites is 2. The lowest BCUT2D eigenvalue weighted by atomic mass is 10.3. The van der Waals surface area contributed by atoms with Gasteiger partial charge in [0.2, 0.25) is 0 Å². The summed E-state index contributed by atoms with van der Waals surface area (Å²) < 4.78 is 7.31. The summed E-state index contributed by atoms with van der Waals surface area (Å²) in [6, 6.07) is 13.7. The molecule has 0 saturated carbocycles. The van der Waals surface area contributed by atoms with Gasteiger partial charge in [-0.05, 0) is 24.3 Å². The largest absolute Gasteiger partial charge is 0.495 e. The molecule has 21 heavy (non-hydrogen) atoms. The Hall–Kier alpha value is -2.34. The molecule has 1 aromatic carbocycles. The zero-order valence-corrected chi connectivity index (χ0v) is 12.3. The Bertz CT molecular complexity index is 714. The summed E-state index contributed by atoms with van der Waals surface area (Å²) in [5.41, 5.74) is 1.94. The molecule has 3 rings (SSSR count). The maximum atomic E-state index is 5.39. The van der Waals surface area contributed by atoms with Crippen molar-refractivity contribution in [3.05, 3.63) is 60.7 Å². The minimum absolute atomic E-state index is 0.745. The summed E-state index contributed by atoms with van der Waals surface area (Å²) in [4.78, 5) is 4.31. The summed E-state index contributed by atoms with van der Waals surface area (Å²) in [6.07, 6.45) is 3.49. The van der Waals surface area contributed by atoms with Crippen LogP contribution in [0.1, 0.15) is 5.69 Å². The Kier molecular flexibility index (Phi) is 4.16. The lowest BCUT2D eigenvalue weighted by Gasteiger charge is -2.10. The molecule has 0 aliphatic heterocycles. The molecule has 0 aliphatic rings. The van der Waals surface area contributed by atoms with Gasteiger partial charge in [0.05, 0.1) is 18.5 Å². The first-order valence-electron chi connectivity index (χ1n) is 6.44. The van der Waals surface area contributed by atoms with Gasteiger partial charge in [-0.25, -0.2) is 0 Å². The van der Waals surface area contributed by atoms with Crippen LogP contribution in [0.4, 0.5) is 0 Å². The number of thioether (sulfide) groups is 1. The molecular weight excluding hydrogens is 284 g/mol. The van der Waals surface area contributed by atoms with Crippen LogP contribution in [0.15, 0.2) is 60.1 Å². The molecule has 0 N–H and O–H groups in total. The minimum atomic E-state index is 0.745. The fourth-order valence-corrected chi connectivity index (χ4v) is 2.78. The van der Waals surface area contributed by atoms with Gasteiger partial charge in [0.25, 0.3) is 0 Å². The second-order valence-corrected chi connectivity index (χ2v) is 5.21. The molecule has 0 bridgehead atoms. The van der Waals surface area contributed by atoms with E-state index in [1.54, 1.807) is 31.4 Å². The van der Waals surface area contributed by atoms with Crippen LogP contribution in [-0.2, 0) is 5.75 Å². The van der Waals surface area contributed by atoms with Crippen molar-refractivity contribution in [2.75, 3.05) is 7.11 Å². The number of ether oxygens (including phenoxy) is 1. The van der Waals surface area contributed by atoms with Gasteiger partial charge in [-0.3, -0.25) is 9.55 Å². The van der Waals surface area contributed by atoms with Crippen LogP contribution in [0.25, 0.3) is 5.69 Å². The highest BCUT2D eigenvalue weighted by Gasteiger charge is 2.11. The lowest BCUT2D eigenvalue weighted by molar-refractivity contribution is 0.412. The van der Waals surface area contributed by atoms with Gasteiger partial charge < -0.3 is 4.74 Å². The first kappa shape index (κ1) is 13.6. The standard InChI is InChI=1S/C15H14N4OS/c1-20-14-8-3-2-7-13(14)19-11-17-18-15(19)21-10-12-6-4-5-9-16-12/h2-9,11H,10H2,1H3. The first-order valence-corrected chi connectivity index (χ1v) is 7.43. The molecule has 0 saturated heterocycles. The molecule has 6 heteroatoms. The van der Waals surface area contributed by atoms with Crippen molar-refractivity contribution in [3.63, 3.8) is 0 Å². The molecule has 3 aromatic rings. The summed E-state index contributed by atoms with van der Waals surface area (Å²) in [5, 5.41) is 8.99. The van der Waals surface area contributed by atoms with Crippen LogP contribution >= 0.6 is 11.8 Å². The Morgan fingerprint density at radius 3 is 2.81 bits per heavy atom. The van der Waals surface area contributed by atoms with E-state index in [1.807, 2.05) is 47.0 Å². The number of aromatic nitrogens is 4. The Morgan fingerprint density at radius 1 is 1.14 bits per heavy atom. The first-order chi connectivity index (χ1) is 10.4. The second-order valence-electron chi connectivity index (χ2n) is 4.27. The third-order valence-electron chi connectivity index (χ3n) is 2.94. The highest BCUT2D eigenvalue weighted by atomic mass is 32.2. The fraction of sp³-hybridized carbons (Fsp3) is 0.133. The lowest BCUT2D eigenvalue weighted by Crippen LogP contribution is -1.99. The summed E-state index contributed by atoms with van der Waals surface area (Å²) in [7, 11) is 1.66. The normalized spacial score (nSPS) is 10.5. The van der Waals surface area contributed by atoms with Gasteiger partial charge >= 0.3 is 0 Å². The van der Waals surface area contributed by atoms with Crippen LogP contribution in [-0.4, -0.2) is 26.9 Å². The average Bonchev–Trinajstić information content (AvgIpc) is 3.02. The molecule has 0 spiro atoms. The van der Waals surface area contributed by atoms with Gasteiger partial charge in [0.1, 0.15) is 12.1 Å². The third kappa shape index (κ3) is 3.05. The van der Waals surface area contributed by atoms with Crippen molar-refractivity contribution < 1.29 is 4.74 Å². The molecule has 0 fully saturated rings. The highest BCUT2D eigenvalue weighted by molar-refractivity contribution is 7.98. The summed E-state index contributed by atoms with van der Waals surface area (Å²) in [5.74, 6) is 1.53. The summed E-state index contributed by atoms with van der Waals surface area (Å²) in [6.45, 7) is 0. The molecule has 5 nitrogen and oxygen atoms in total. The van der Waals surface area contributed by atoms with Crippen molar-refractivity contribution in [3.8, 4) is 11.4 Å². The maximum absolute atomic E-state index is 5.39. The van der Waals surface area contributed by atoms with Crippen LogP contribution in [0.2, 0.25) is 0 Å². The predicted octanol–water partition coefficient (Wildman–Crippen LogP) is 2.96. The second kappa shape index (κ2) is 6.41. The van der Waals surface area contributed by atoms with Crippen molar-refractivity contribution in [2.24, 2.45) is 0 Å². The number of rotatable bonds is 5. The van der Waals surface area contributed by atoms with Gasteiger partial charge in [-0.15, -0.1) is 10.2 Å². The van der Waals surface area contributed by atoms with E-state index in [-0.39, 0.29) is 0 Å². The third-order valence-corrected chi connectivity index (χ3v) is 3.91. The number of benzene rings is 1. The van der Waals surface area contributed by atoms with Crippen molar-refractivity contribution >= 4 is 11.8 Å². The van der Waals surface area contributed by atoms with Crippen molar-refractivity contribution in [1.29, 1.82) is 0 Å². The van der Waals surface area contributed by atoms with Crippen LogP contribution in [0, 0.1) is 0 Å². The van der Waals surface area contributed by atoms with E-state index in [4.69, 9.17) is 4.74 Å². The summed E-state index contributed by atoms with van der Waals surface area (Å²) >= 11 is 1.59. The molecular formula is C15H14N4OS. The van der Waals surface area contributed by atoms with E-state index in [0.717, 1.165) is 28.0 Å². The number of pyridine rings is 1. The molecule has 2 heterocycles. The van der Waals surface area contributed by atoms with E-state index in [9.17, 15) is 0 Å². The smallest absolute Gasteiger partial charge is 0.196 e. The number of nitrogens with zero attached hydrogens (tertiary/aromatic N) is 4. The zero-order valence-electron chi connectivity index (χ0n) is 11.5. The predicted molar refractivity (Wildman–Crippen MR) is 81.7 cm³/mol. The van der Waals surface area contributed by atoms with Gasteiger partial charge in [0, 0.05) is 11.9 Å². The van der Waals surface area contributed by atoms with E-state index in [0.29, 0.717) is 0 Å². The van der Waals surface area contributed by atoms with E-state index >= 15 is 0 Å². The zero-order chi connectivity index (χ0) is 14.5. The Morgan fingerprint density at radius 2 is 2.00 bits per heavy atom. The number of hydrogen-bond acceptors (Lipinski definition) is 5. The number of methoxy groups -OCH3 is 1. The Labute approximate surface area is 127 Å². The topological polar surface area (TPSA) is 52.8 Å². The van der Waals surface area contributed by atoms with Crippen LogP contribution < -0.4 is 4.74 Å². The maximum Gasteiger partial charge on any atom is 0.196 e. The van der Waals surface area contributed by atoms with Crippen LogP contribution in [0.5, 0.6) is 5.75 Å². The van der Waals surface area contributed by atoms with Gasteiger partial charge in [0.15, 0.2) is 5.16 Å². The van der Waals surface area contributed by atoms with Crippen LogP contribution in [0.3, 0.4) is 0 Å². The fourth-order valence-electron chi connectivity index (χ4n) is 1.94. The molecule has 0 amide bonds. The van der Waals surface area contributed by atoms with Crippen molar-refractivity contribution in [1.82, 2.24) is 19.7 Å². The average molecular weight is 298 g/mol. The van der Waals surface area contributed by atoms with Gasteiger partial charge in [-0.1, -0.05) is 30.0 Å². The van der Waals surface area contributed by atoms with E-state index in [1.165, 1.54) is 0 Å². The number of hydrogen-bond donors (Lipinski definition) is 0. The Balaban J connectivity index is 1.84. The quantitative estimate of drug-likeness (QED) is 0.678. The van der Waals surface area contributed by atoms with E-state index < -0.39 is 0 Å². The minimum Gasteiger partial charge on any atom is -0.495 e. The highest BCUT2D eigenvalue weighted by Crippen LogP contribution is 2.27. The molecule has 0 unspecified atom stereocenters. The molecule has 0 aliphatic carbocycles. The molecule has 0 atom stereocenters. The van der Waals surface area contributed by atoms with E-state index in [2.05, 4.69) is 15.2 Å². The van der Waals surface area contributed by atoms with Gasteiger partial charge in [-0.2, -0.15) is 0 Å². The molecule has 106 valence electrons. The van der Waals surface area contributed by atoms with Crippen molar-refractivity contribution in [2.45, 2.75) is 10.9 Å². The molecule has 0 radical (unpaired) electrons. The monoisotopic (exact) mass is 298 g/mol.